The van der Waals surface area contributed by atoms with Crippen LogP contribution in [0.1, 0.15) is 15.9 Å². The molecule has 11 heteroatoms. The van der Waals surface area contributed by atoms with Crippen LogP contribution in [0.4, 0.5) is 28.9 Å². The minimum absolute atomic E-state index is 0.0159. The van der Waals surface area contributed by atoms with E-state index in [4.69, 9.17) is 0 Å². The van der Waals surface area contributed by atoms with Gasteiger partial charge < -0.3 is 20.3 Å². The fourth-order valence-corrected chi connectivity index (χ4v) is 4.13. The van der Waals surface area contributed by atoms with Crippen molar-refractivity contribution in [3.8, 4) is 33.9 Å². The number of carboxylic acid groups (broad SMARTS) is 1. The van der Waals surface area contributed by atoms with E-state index in [1.165, 1.54) is 36.4 Å². The first kappa shape index (κ1) is 25.5. The van der Waals surface area contributed by atoms with Crippen molar-refractivity contribution < 1.29 is 37.7 Å². The van der Waals surface area contributed by atoms with Gasteiger partial charge in [-0.2, -0.15) is 13.2 Å². The zero-order chi connectivity index (χ0) is 27.9. The molecule has 1 aromatic heterocycles. The summed E-state index contributed by atoms with van der Waals surface area (Å²) >= 11 is 0. The highest BCUT2D eigenvalue weighted by Crippen LogP contribution is 2.42. The number of H-pyrrole nitrogens is 1. The van der Waals surface area contributed by atoms with Crippen molar-refractivity contribution in [2.24, 2.45) is 10.2 Å². The van der Waals surface area contributed by atoms with Crippen molar-refractivity contribution in [3.05, 3.63) is 95.8 Å². The highest BCUT2D eigenvalue weighted by molar-refractivity contribution is 5.96. The molecule has 5 rings (SSSR count). The number of carboxylic acids is 1. The Morgan fingerprint density at radius 2 is 1.56 bits per heavy atom. The molecule has 39 heavy (non-hydrogen) atoms. The maximum Gasteiger partial charge on any atom is 0.416 e. The first-order valence-electron chi connectivity index (χ1n) is 11.3. The third-order valence-corrected chi connectivity index (χ3v) is 6.05. The molecule has 0 saturated heterocycles. The molecular formula is C28H17F4N3O4. The molecular weight excluding hydrogens is 518 g/mol. The third-order valence-electron chi connectivity index (χ3n) is 6.05. The Hall–Kier alpha value is -5.19. The normalized spacial score (nSPS) is 11.9. The maximum atomic E-state index is 14.5. The zero-order valence-electron chi connectivity index (χ0n) is 19.7. The van der Waals surface area contributed by atoms with Crippen molar-refractivity contribution in [3.63, 3.8) is 0 Å². The number of phenols is 1. The minimum atomic E-state index is -4.68. The number of aromatic amines is 1. The second kappa shape index (κ2) is 9.60. The topological polar surface area (TPSA) is 118 Å². The zero-order valence-corrected chi connectivity index (χ0v) is 19.7. The summed E-state index contributed by atoms with van der Waals surface area (Å²) in [5.74, 6) is -2.80. The van der Waals surface area contributed by atoms with Crippen molar-refractivity contribution in [2.45, 2.75) is 6.18 Å². The molecule has 0 bridgehead atoms. The predicted octanol–water partition coefficient (Wildman–Crippen LogP) is 8.18. The monoisotopic (exact) mass is 535 g/mol. The number of rotatable bonds is 5. The van der Waals surface area contributed by atoms with Gasteiger partial charge in [0.25, 0.3) is 0 Å². The van der Waals surface area contributed by atoms with Gasteiger partial charge in [-0.05, 0) is 53.6 Å². The maximum absolute atomic E-state index is 14.5. The Kier molecular flexibility index (Phi) is 6.27. The number of carbonyl (C=O) groups is 1. The Bertz CT molecular complexity index is 1780. The van der Waals surface area contributed by atoms with Crippen molar-refractivity contribution in [2.75, 3.05) is 0 Å². The van der Waals surface area contributed by atoms with Gasteiger partial charge in [-0.15, -0.1) is 10.2 Å². The Balaban J connectivity index is 1.48. The molecule has 5 aromatic rings. The quantitative estimate of drug-likeness (QED) is 0.134. The SMILES string of the molecule is O=C(O)c1cccc(-c2cccc(N=Nc3c(O)[nH]c4cc(-c5ccc(C(F)(F)F)cc5F)ccc34)c2O)c1. The van der Waals surface area contributed by atoms with Crippen LogP contribution in [0, 0.1) is 5.82 Å². The number of para-hydroxylation sites is 1. The summed E-state index contributed by atoms with van der Waals surface area (Å²) in [4.78, 5) is 14.0. The van der Waals surface area contributed by atoms with Crippen LogP contribution in [-0.4, -0.2) is 26.3 Å². The molecule has 0 aliphatic carbocycles. The van der Waals surface area contributed by atoms with Crippen LogP contribution in [0.25, 0.3) is 33.2 Å². The lowest BCUT2D eigenvalue weighted by atomic mass is 10.0. The van der Waals surface area contributed by atoms with Crippen LogP contribution in [-0.2, 0) is 6.18 Å². The predicted molar refractivity (Wildman–Crippen MR) is 135 cm³/mol. The van der Waals surface area contributed by atoms with E-state index in [-0.39, 0.29) is 39.7 Å². The third kappa shape index (κ3) is 4.89. The van der Waals surface area contributed by atoms with E-state index in [1.807, 2.05) is 0 Å². The molecule has 7 nitrogen and oxygen atoms in total. The Labute approximate surface area is 217 Å². The summed E-state index contributed by atoms with van der Waals surface area (Å²) in [6.07, 6.45) is -4.68. The molecule has 0 fully saturated rings. The number of hydrogen-bond donors (Lipinski definition) is 4. The highest BCUT2D eigenvalue weighted by Gasteiger charge is 2.31. The van der Waals surface area contributed by atoms with Gasteiger partial charge in [0.1, 0.15) is 11.5 Å². The second-order valence-electron chi connectivity index (χ2n) is 8.53. The van der Waals surface area contributed by atoms with Crippen molar-refractivity contribution in [1.29, 1.82) is 0 Å². The standard InChI is InChI=1S/C28H17F4N3O4/c29-21-13-17(28(30,31)32)8-10-18(21)15-7-9-20-23(12-15)33-26(37)24(20)35-34-22-6-2-5-19(25(22)36)14-3-1-4-16(11-14)27(38)39/h1-13,33,36-37H,(H,38,39). The minimum Gasteiger partial charge on any atom is -0.505 e. The highest BCUT2D eigenvalue weighted by atomic mass is 19.4. The molecule has 0 aliphatic rings. The number of benzene rings is 4. The molecule has 1 heterocycles. The number of halogens is 4. The molecule has 0 amide bonds. The molecule has 0 aliphatic heterocycles. The summed E-state index contributed by atoms with van der Waals surface area (Å²) in [5.41, 5.74) is 0.297. The number of fused-ring (bicyclic) bond motifs is 1. The van der Waals surface area contributed by atoms with Gasteiger partial charge in [-0.1, -0.05) is 36.4 Å². The van der Waals surface area contributed by atoms with Gasteiger partial charge in [-0.3, -0.25) is 0 Å². The summed E-state index contributed by atoms with van der Waals surface area (Å²) in [6, 6.07) is 17.3. The number of phenolic OH excluding ortho intramolecular Hbond substituents is 1. The number of nitrogens with zero attached hydrogens (tertiary/aromatic N) is 2. The molecule has 196 valence electrons. The lowest BCUT2D eigenvalue weighted by Crippen LogP contribution is -2.05. The number of aromatic carboxylic acids is 1. The van der Waals surface area contributed by atoms with Gasteiger partial charge in [0.15, 0.2) is 11.4 Å². The van der Waals surface area contributed by atoms with E-state index in [0.717, 1.165) is 12.1 Å². The van der Waals surface area contributed by atoms with Gasteiger partial charge in [0.05, 0.1) is 16.6 Å². The average molecular weight is 535 g/mol. The lowest BCUT2D eigenvalue weighted by Gasteiger charge is -2.09. The van der Waals surface area contributed by atoms with Crippen LogP contribution in [0.2, 0.25) is 0 Å². The van der Waals surface area contributed by atoms with Gasteiger partial charge in [0, 0.05) is 16.5 Å². The fourth-order valence-electron chi connectivity index (χ4n) is 4.13. The number of azo groups is 1. The molecule has 0 saturated carbocycles. The molecule has 0 radical (unpaired) electrons. The van der Waals surface area contributed by atoms with Crippen LogP contribution in [0.5, 0.6) is 11.6 Å². The van der Waals surface area contributed by atoms with E-state index in [2.05, 4.69) is 15.2 Å². The summed E-state index contributed by atoms with van der Waals surface area (Å²) in [6.45, 7) is 0. The molecule has 0 unspecified atom stereocenters. The van der Waals surface area contributed by atoms with Crippen molar-refractivity contribution in [1.82, 2.24) is 4.98 Å². The van der Waals surface area contributed by atoms with Crippen molar-refractivity contribution >= 4 is 28.2 Å². The summed E-state index contributed by atoms with van der Waals surface area (Å²) in [7, 11) is 0. The summed E-state index contributed by atoms with van der Waals surface area (Å²) in [5, 5.41) is 38.9. The van der Waals surface area contributed by atoms with E-state index in [9.17, 15) is 37.7 Å². The van der Waals surface area contributed by atoms with Crippen LogP contribution in [0.3, 0.4) is 0 Å². The molecule has 0 spiro atoms. The summed E-state index contributed by atoms with van der Waals surface area (Å²) < 4.78 is 53.1. The van der Waals surface area contributed by atoms with E-state index < -0.39 is 23.5 Å². The first-order chi connectivity index (χ1) is 18.5. The lowest BCUT2D eigenvalue weighted by molar-refractivity contribution is -0.137. The van der Waals surface area contributed by atoms with Gasteiger partial charge >= 0.3 is 12.1 Å². The number of aromatic nitrogens is 1. The number of alkyl halides is 3. The molecule has 4 aromatic carbocycles. The molecule has 4 N–H and O–H groups in total. The smallest absolute Gasteiger partial charge is 0.416 e. The van der Waals surface area contributed by atoms with E-state index in [1.54, 1.807) is 24.3 Å². The van der Waals surface area contributed by atoms with Crippen LogP contribution < -0.4 is 0 Å². The van der Waals surface area contributed by atoms with Gasteiger partial charge in [0.2, 0.25) is 5.88 Å². The number of nitrogens with one attached hydrogen (secondary N) is 1. The fraction of sp³-hybridized carbons (Fsp3) is 0.0357. The van der Waals surface area contributed by atoms with Gasteiger partial charge in [-0.25, -0.2) is 9.18 Å². The van der Waals surface area contributed by atoms with E-state index in [0.29, 0.717) is 28.1 Å². The number of aromatic hydroxyl groups is 2. The second-order valence-corrected chi connectivity index (χ2v) is 8.53. The number of hydrogen-bond acceptors (Lipinski definition) is 5. The van der Waals surface area contributed by atoms with Crippen LogP contribution >= 0.6 is 0 Å². The Morgan fingerprint density at radius 3 is 2.28 bits per heavy atom. The Morgan fingerprint density at radius 1 is 0.821 bits per heavy atom. The first-order valence-corrected chi connectivity index (χ1v) is 11.3. The largest absolute Gasteiger partial charge is 0.505 e. The van der Waals surface area contributed by atoms with E-state index >= 15 is 0 Å². The molecule has 0 atom stereocenters. The van der Waals surface area contributed by atoms with Crippen LogP contribution in [0.15, 0.2) is 89.1 Å². The average Bonchev–Trinajstić information content (AvgIpc) is 3.21.